The van der Waals surface area contributed by atoms with Gasteiger partial charge >= 0.3 is 0 Å². The van der Waals surface area contributed by atoms with Gasteiger partial charge in [-0.15, -0.1) is 0 Å². The van der Waals surface area contributed by atoms with Gasteiger partial charge in [0.2, 0.25) is 15.9 Å². The number of carbonyl (C=O) groups is 1. The van der Waals surface area contributed by atoms with Crippen molar-refractivity contribution in [2.75, 3.05) is 31.6 Å². The number of anilines is 1. The molecule has 0 spiro atoms. The molecular weight excluding hydrogens is 394 g/mol. The van der Waals surface area contributed by atoms with Gasteiger partial charge in [0.05, 0.1) is 23.8 Å². The number of ether oxygens (including phenoxy) is 1. The molecule has 0 unspecified atom stereocenters. The van der Waals surface area contributed by atoms with Crippen molar-refractivity contribution >= 4 is 21.6 Å². The van der Waals surface area contributed by atoms with E-state index in [9.17, 15) is 22.0 Å². The fraction of sp³-hybridized carbons (Fsp3) is 0.412. The summed E-state index contributed by atoms with van der Waals surface area (Å²) in [6.45, 7) is 2.46. The van der Waals surface area contributed by atoms with Crippen LogP contribution < -0.4 is 5.32 Å². The number of hydrogen-bond donors (Lipinski definition) is 1. The number of sulfonamides is 1. The number of benzene rings is 1. The van der Waals surface area contributed by atoms with Crippen LogP contribution in [-0.2, 0) is 26.1 Å². The van der Waals surface area contributed by atoms with Gasteiger partial charge in [0.25, 0.3) is 6.43 Å². The van der Waals surface area contributed by atoms with Crippen LogP contribution in [0.4, 0.5) is 14.5 Å². The maximum Gasteiger partial charge on any atom is 0.280 e. The van der Waals surface area contributed by atoms with E-state index in [-0.39, 0.29) is 30.2 Å². The third-order valence-corrected chi connectivity index (χ3v) is 6.11. The minimum atomic E-state index is -3.63. The van der Waals surface area contributed by atoms with Crippen LogP contribution in [0.5, 0.6) is 0 Å². The smallest absolute Gasteiger partial charge is 0.280 e. The average molecular weight is 414 g/mol. The molecule has 1 aliphatic rings. The molecule has 0 aliphatic carbocycles. The standard InChI is InChI=1S/C17H20F2N4O4S/c1-12-10-15(17(18)19)23(21-12)11-16(24)20-13-2-4-14(5-3-13)28(25,26)22-6-8-27-9-7-22/h2-5,10,17H,6-9,11H2,1H3,(H,20,24). The second kappa shape index (κ2) is 8.33. The molecule has 2 heterocycles. The third kappa shape index (κ3) is 4.54. The molecule has 0 radical (unpaired) electrons. The summed E-state index contributed by atoms with van der Waals surface area (Å²) in [6, 6.07) is 6.91. The van der Waals surface area contributed by atoms with E-state index in [1.165, 1.54) is 34.6 Å². The van der Waals surface area contributed by atoms with Gasteiger partial charge in [0.1, 0.15) is 12.2 Å². The van der Waals surface area contributed by atoms with E-state index >= 15 is 0 Å². The van der Waals surface area contributed by atoms with Gasteiger partial charge in [-0.1, -0.05) is 0 Å². The second-order valence-corrected chi connectivity index (χ2v) is 8.20. The van der Waals surface area contributed by atoms with Gasteiger partial charge in [0.15, 0.2) is 0 Å². The summed E-state index contributed by atoms with van der Waals surface area (Å²) in [6.07, 6.45) is -2.74. The van der Waals surface area contributed by atoms with Crippen molar-refractivity contribution in [3.63, 3.8) is 0 Å². The number of carbonyl (C=O) groups excluding carboxylic acids is 1. The molecule has 8 nitrogen and oxygen atoms in total. The molecule has 1 fully saturated rings. The number of hydrogen-bond acceptors (Lipinski definition) is 5. The zero-order valence-corrected chi connectivity index (χ0v) is 16.0. The number of rotatable bonds is 6. The van der Waals surface area contributed by atoms with Gasteiger partial charge in [-0.2, -0.15) is 9.40 Å². The van der Waals surface area contributed by atoms with Gasteiger partial charge in [0, 0.05) is 18.8 Å². The van der Waals surface area contributed by atoms with Crippen LogP contribution in [0.3, 0.4) is 0 Å². The zero-order valence-electron chi connectivity index (χ0n) is 15.1. The lowest BCUT2D eigenvalue weighted by Crippen LogP contribution is -2.40. The van der Waals surface area contributed by atoms with Gasteiger partial charge in [-0.05, 0) is 37.3 Å². The number of nitrogens with one attached hydrogen (secondary N) is 1. The van der Waals surface area contributed by atoms with E-state index in [2.05, 4.69) is 10.4 Å². The summed E-state index contributed by atoms with van der Waals surface area (Å²) in [5.41, 5.74) is 0.411. The van der Waals surface area contributed by atoms with E-state index in [0.717, 1.165) is 4.68 Å². The molecule has 1 saturated heterocycles. The van der Waals surface area contributed by atoms with E-state index < -0.39 is 22.4 Å². The number of aromatic nitrogens is 2. The first kappa shape index (κ1) is 20.4. The number of aryl methyl sites for hydroxylation is 1. The van der Waals surface area contributed by atoms with Gasteiger partial charge in [-0.25, -0.2) is 17.2 Å². The van der Waals surface area contributed by atoms with E-state index in [1.807, 2.05) is 0 Å². The first-order valence-corrected chi connectivity index (χ1v) is 10.0. The number of alkyl halides is 2. The summed E-state index contributed by atoms with van der Waals surface area (Å²) in [5, 5.41) is 6.44. The Kier molecular flexibility index (Phi) is 6.06. The largest absolute Gasteiger partial charge is 0.379 e. The van der Waals surface area contributed by atoms with Crippen LogP contribution >= 0.6 is 0 Å². The monoisotopic (exact) mass is 414 g/mol. The highest BCUT2D eigenvalue weighted by Gasteiger charge is 2.26. The van der Waals surface area contributed by atoms with Crippen LogP contribution in [0.25, 0.3) is 0 Å². The highest BCUT2D eigenvalue weighted by atomic mass is 32.2. The second-order valence-electron chi connectivity index (χ2n) is 6.26. The van der Waals surface area contributed by atoms with Crippen molar-refractivity contribution in [1.29, 1.82) is 0 Å². The summed E-state index contributed by atoms with van der Waals surface area (Å²) >= 11 is 0. The Hall–Kier alpha value is -2.37. The lowest BCUT2D eigenvalue weighted by molar-refractivity contribution is -0.117. The number of amides is 1. The Bertz CT molecular complexity index is 939. The van der Waals surface area contributed by atoms with Crippen molar-refractivity contribution in [2.24, 2.45) is 0 Å². The Morgan fingerprint density at radius 1 is 1.25 bits per heavy atom. The van der Waals surface area contributed by atoms with Crippen LogP contribution in [0.15, 0.2) is 35.2 Å². The molecule has 1 amide bonds. The molecule has 0 atom stereocenters. The molecule has 11 heteroatoms. The van der Waals surface area contributed by atoms with Crippen molar-refractivity contribution in [1.82, 2.24) is 14.1 Å². The first-order valence-electron chi connectivity index (χ1n) is 8.57. The summed E-state index contributed by atoms with van der Waals surface area (Å²) in [4.78, 5) is 12.2. The molecule has 152 valence electrons. The molecule has 2 aromatic rings. The van der Waals surface area contributed by atoms with E-state index in [4.69, 9.17) is 4.74 Å². The van der Waals surface area contributed by atoms with Crippen molar-refractivity contribution in [3.05, 3.63) is 41.7 Å². The summed E-state index contributed by atoms with van der Waals surface area (Å²) in [5.74, 6) is -0.547. The minimum absolute atomic E-state index is 0.107. The van der Waals surface area contributed by atoms with E-state index in [0.29, 0.717) is 24.6 Å². The first-order chi connectivity index (χ1) is 13.3. The number of nitrogens with zero attached hydrogens (tertiary/aromatic N) is 3. The molecular formula is C17H20F2N4O4S. The SMILES string of the molecule is Cc1cc(C(F)F)n(CC(=O)Nc2ccc(S(=O)(=O)N3CCOCC3)cc2)n1. The quantitative estimate of drug-likeness (QED) is 0.778. The van der Waals surface area contributed by atoms with Crippen molar-refractivity contribution in [2.45, 2.75) is 24.8 Å². The zero-order chi connectivity index (χ0) is 20.3. The van der Waals surface area contributed by atoms with Crippen molar-refractivity contribution < 1.29 is 26.7 Å². The maximum absolute atomic E-state index is 13.0. The normalized spacial score (nSPS) is 15.7. The Morgan fingerprint density at radius 2 is 1.89 bits per heavy atom. The van der Waals surface area contributed by atoms with Crippen LogP contribution in [0.1, 0.15) is 17.8 Å². The fourth-order valence-electron chi connectivity index (χ4n) is 2.85. The summed E-state index contributed by atoms with van der Waals surface area (Å²) < 4.78 is 58.5. The van der Waals surface area contributed by atoms with Gasteiger partial charge in [-0.3, -0.25) is 9.48 Å². The Labute approximate surface area is 161 Å². The molecule has 1 aromatic carbocycles. The highest BCUT2D eigenvalue weighted by Crippen LogP contribution is 2.21. The lowest BCUT2D eigenvalue weighted by atomic mass is 10.3. The van der Waals surface area contributed by atoms with Gasteiger partial charge < -0.3 is 10.1 Å². The summed E-state index contributed by atoms with van der Waals surface area (Å²) in [7, 11) is -3.63. The maximum atomic E-state index is 13.0. The molecule has 1 aliphatic heterocycles. The molecule has 1 N–H and O–H groups in total. The fourth-order valence-corrected chi connectivity index (χ4v) is 4.26. The average Bonchev–Trinajstić information content (AvgIpc) is 3.03. The minimum Gasteiger partial charge on any atom is -0.379 e. The molecule has 0 bridgehead atoms. The number of halogens is 2. The van der Waals surface area contributed by atoms with Crippen molar-refractivity contribution in [3.8, 4) is 0 Å². The Morgan fingerprint density at radius 3 is 2.50 bits per heavy atom. The Balaban J connectivity index is 1.66. The predicted octanol–water partition coefficient (Wildman–Crippen LogP) is 1.79. The number of morpholine rings is 1. The van der Waals surface area contributed by atoms with Crippen LogP contribution in [0, 0.1) is 6.92 Å². The van der Waals surface area contributed by atoms with E-state index in [1.54, 1.807) is 6.92 Å². The predicted molar refractivity (Wildman–Crippen MR) is 96.6 cm³/mol. The third-order valence-electron chi connectivity index (χ3n) is 4.20. The lowest BCUT2D eigenvalue weighted by Gasteiger charge is -2.26. The molecule has 0 saturated carbocycles. The molecule has 3 rings (SSSR count). The molecule has 28 heavy (non-hydrogen) atoms. The molecule has 1 aromatic heterocycles. The highest BCUT2D eigenvalue weighted by molar-refractivity contribution is 7.89. The topological polar surface area (TPSA) is 93.5 Å². The van der Waals surface area contributed by atoms with Crippen LogP contribution in [-0.4, -0.2) is 54.7 Å². The van der Waals surface area contributed by atoms with Crippen LogP contribution in [0.2, 0.25) is 0 Å².